The van der Waals surface area contributed by atoms with Crippen LogP contribution < -0.4 is 25.3 Å². The van der Waals surface area contributed by atoms with Gasteiger partial charge >= 0.3 is 0 Å². The number of halogens is 1. The predicted octanol–water partition coefficient (Wildman–Crippen LogP) is 3.43. The van der Waals surface area contributed by atoms with Crippen LogP contribution in [0.1, 0.15) is 30.0 Å². The van der Waals surface area contributed by atoms with Crippen LogP contribution in [-0.4, -0.2) is 25.8 Å². The Balaban J connectivity index is 1.46. The van der Waals surface area contributed by atoms with Crippen LogP contribution in [0.3, 0.4) is 0 Å². The highest BCUT2D eigenvalue weighted by atomic mass is 35.5. The van der Waals surface area contributed by atoms with Crippen molar-refractivity contribution in [2.75, 3.05) is 19.8 Å². The Labute approximate surface area is 163 Å². The Kier molecular flexibility index (Phi) is 5.25. The number of ether oxygens (including phenoxy) is 3. The summed E-state index contributed by atoms with van der Waals surface area (Å²) in [6.07, 6.45) is 1.67. The van der Waals surface area contributed by atoms with E-state index in [1.165, 1.54) is 0 Å². The molecular formula is C20H22ClN3O3. The van der Waals surface area contributed by atoms with Gasteiger partial charge < -0.3 is 25.3 Å². The molecule has 2 aromatic rings. The van der Waals surface area contributed by atoms with Gasteiger partial charge in [0, 0.05) is 18.4 Å². The van der Waals surface area contributed by atoms with E-state index in [9.17, 15) is 0 Å². The van der Waals surface area contributed by atoms with Gasteiger partial charge in [-0.2, -0.15) is 0 Å². The molecule has 1 atom stereocenters. The average Bonchev–Trinajstić information content (AvgIpc) is 2.93. The number of fused-ring (bicyclic) bond motifs is 2. The minimum absolute atomic E-state index is 0.0890. The fourth-order valence-electron chi connectivity index (χ4n) is 3.27. The van der Waals surface area contributed by atoms with Gasteiger partial charge in [-0.25, -0.2) is 4.99 Å². The molecule has 0 saturated carbocycles. The van der Waals surface area contributed by atoms with Gasteiger partial charge in [0.15, 0.2) is 17.5 Å². The summed E-state index contributed by atoms with van der Waals surface area (Å²) in [5, 5.41) is 3.82. The van der Waals surface area contributed by atoms with Crippen LogP contribution >= 0.6 is 11.6 Å². The molecule has 2 aromatic carbocycles. The molecule has 2 aliphatic rings. The van der Waals surface area contributed by atoms with E-state index in [1.807, 2.05) is 36.4 Å². The molecule has 0 fully saturated rings. The first-order valence-electron chi connectivity index (χ1n) is 9.07. The van der Waals surface area contributed by atoms with E-state index in [2.05, 4.69) is 10.3 Å². The summed E-state index contributed by atoms with van der Waals surface area (Å²) in [6.45, 7) is 2.27. The number of benzene rings is 2. The molecule has 7 heteroatoms. The monoisotopic (exact) mass is 387 g/mol. The van der Waals surface area contributed by atoms with Gasteiger partial charge in [-0.3, -0.25) is 0 Å². The average molecular weight is 388 g/mol. The summed E-state index contributed by atoms with van der Waals surface area (Å²) in [5.41, 5.74) is 8.14. The Morgan fingerprint density at radius 2 is 1.93 bits per heavy atom. The molecule has 1 unspecified atom stereocenters. The number of nitrogens with zero attached hydrogens (tertiary/aromatic N) is 1. The summed E-state index contributed by atoms with van der Waals surface area (Å²) in [6, 6.07) is 11.8. The van der Waals surface area contributed by atoms with Crippen LogP contribution in [0, 0.1) is 0 Å². The van der Waals surface area contributed by atoms with Gasteiger partial charge in [-0.15, -0.1) is 0 Å². The van der Waals surface area contributed by atoms with Crippen molar-refractivity contribution in [3.8, 4) is 17.2 Å². The molecule has 27 heavy (non-hydrogen) atoms. The zero-order chi connectivity index (χ0) is 18.6. The lowest BCUT2D eigenvalue weighted by Gasteiger charge is -2.26. The Morgan fingerprint density at radius 3 is 2.85 bits per heavy atom. The highest BCUT2D eigenvalue weighted by molar-refractivity contribution is 6.32. The normalized spacial score (nSPS) is 18.9. The Bertz CT molecular complexity index is 856. The van der Waals surface area contributed by atoms with Crippen LogP contribution in [0.25, 0.3) is 0 Å². The predicted molar refractivity (Wildman–Crippen MR) is 105 cm³/mol. The van der Waals surface area contributed by atoms with Gasteiger partial charge in [0.25, 0.3) is 0 Å². The first kappa shape index (κ1) is 17.8. The standard InChI is InChI=1S/C20H22ClN3O3/c21-15-10-13(11-18-19(15)27-8-3-7-25-18)12-23-20(22)24-16-6-9-26-17-5-2-1-4-14(16)17/h1-2,4-5,10-11,16H,3,6-9,12H2,(H3,22,23,24). The maximum Gasteiger partial charge on any atom is 0.189 e. The zero-order valence-electron chi connectivity index (χ0n) is 14.9. The molecule has 0 amide bonds. The molecule has 142 valence electrons. The van der Waals surface area contributed by atoms with Crippen LogP contribution in [0.5, 0.6) is 17.2 Å². The molecule has 0 aromatic heterocycles. The molecule has 2 heterocycles. The number of aliphatic imine (C=N–C) groups is 1. The molecule has 2 aliphatic heterocycles. The smallest absolute Gasteiger partial charge is 0.189 e. The van der Waals surface area contributed by atoms with Crippen molar-refractivity contribution >= 4 is 17.6 Å². The maximum atomic E-state index is 6.33. The molecule has 3 N–H and O–H groups in total. The van der Waals surface area contributed by atoms with Gasteiger partial charge in [-0.05, 0) is 23.8 Å². The Hall–Kier alpha value is -2.60. The molecular weight excluding hydrogens is 366 g/mol. The van der Waals surface area contributed by atoms with E-state index in [1.54, 1.807) is 0 Å². The fraction of sp³-hybridized carbons (Fsp3) is 0.350. The van der Waals surface area contributed by atoms with E-state index in [0.29, 0.717) is 48.8 Å². The minimum atomic E-state index is 0.0890. The van der Waals surface area contributed by atoms with Crippen molar-refractivity contribution in [1.82, 2.24) is 5.32 Å². The number of hydrogen-bond acceptors (Lipinski definition) is 4. The Morgan fingerprint density at radius 1 is 1.11 bits per heavy atom. The molecule has 0 saturated heterocycles. The lowest BCUT2D eigenvalue weighted by molar-refractivity contribution is 0.262. The number of hydrogen-bond donors (Lipinski definition) is 2. The third kappa shape index (κ3) is 4.06. The van der Waals surface area contributed by atoms with E-state index in [4.69, 9.17) is 31.5 Å². The van der Waals surface area contributed by atoms with Gasteiger partial charge in [0.05, 0.1) is 37.4 Å². The van der Waals surface area contributed by atoms with Gasteiger partial charge in [0.2, 0.25) is 0 Å². The molecule has 6 nitrogen and oxygen atoms in total. The van der Waals surface area contributed by atoms with Crippen LogP contribution in [0.4, 0.5) is 0 Å². The number of para-hydroxylation sites is 1. The highest BCUT2D eigenvalue weighted by Gasteiger charge is 2.21. The third-order valence-corrected chi connectivity index (χ3v) is 4.86. The van der Waals surface area contributed by atoms with E-state index in [0.717, 1.165) is 29.7 Å². The number of nitrogens with one attached hydrogen (secondary N) is 1. The maximum absolute atomic E-state index is 6.33. The first-order chi connectivity index (χ1) is 13.2. The van der Waals surface area contributed by atoms with Crippen LogP contribution in [-0.2, 0) is 6.54 Å². The molecule has 0 radical (unpaired) electrons. The first-order valence-corrected chi connectivity index (χ1v) is 9.45. The van der Waals surface area contributed by atoms with Crippen molar-refractivity contribution in [3.63, 3.8) is 0 Å². The zero-order valence-corrected chi connectivity index (χ0v) is 15.7. The fourth-order valence-corrected chi connectivity index (χ4v) is 3.56. The summed E-state index contributed by atoms with van der Waals surface area (Å²) in [4.78, 5) is 4.46. The number of nitrogens with two attached hydrogens (primary N) is 1. The number of rotatable bonds is 3. The van der Waals surface area contributed by atoms with E-state index >= 15 is 0 Å². The lowest BCUT2D eigenvalue weighted by atomic mass is 10.0. The third-order valence-electron chi connectivity index (χ3n) is 4.57. The largest absolute Gasteiger partial charge is 0.493 e. The summed E-state index contributed by atoms with van der Waals surface area (Å²) < 4.78 is 17.1. The highest BCUT2D eigenvalue weighted by Crippen LogP contribution is 2.38. The van der Waals surface area contributed by atoms with Crippen molar-refractivity contribution in [1.29, 1.82) is 0 Å². The van der Waals surface area contributed by atoms with Crippen molar-refractivity contribution < 1.29 is 14.2 Å². The molecule has 4 rings (SSSR count). The second-order valence-corrected chi connectivity index (χ2v) is 6.94. The van der Waals surface area contributed by atoms with E-state index < -0.39 is 0 Å². The van der Waals surface area contributed by atoms with E-state index in [-0.39, 0.29) is 6.04 Å². The summed E-state index contributed by atoms with van der Waals surface area (Å²) in [7, 11) is 0. The summed E-state index contributed by atoms with van der Waals surface area (Å²) >= 11 is 6.33. The van der Waals surface area contributed by atoms with Crippen LogP contribution in [0.2, 0.25) is 5.02 Å². The second-order valence-electron chi connectivity index (χ2n) is 6.53. The SMILES string of the molecule is NC(=NCc1cc(Cl)c2c(c1)OCCCO2)NC1CCOc2ccccc21. The number of guanidine groups is 1. The second kappa shape index (κ2) is 7.96. The summed E-state index contributed by atoms with van der Waals surface area (Å²) in [5.74, 6) is 2.55. The molecule has 0 aliphatic carbocycles. The van der Waals surface area contributed by atoms with Crippen molar-refractivity contribution in [3.05, 3.63) is 52.5 Å². The van der Waals surface area contributed by atoms with Crippen molar-refractivity contribution in [2.45, 2.75) is 25.4 Å². The minimum Gasteiger partial charge on any atom is -0.493 e. The molecule has 0 spiro atoms. The topological polar surface area (TPSA) is 78.1 Å². The van der Waals surface area contributed by atoms with Gasteiger partial charge in [-0.1, -0.05) is 29.8 Å². The van der Waals surface area contributed by atoms with Crippen LogP contribution in [0.15, 0.2) is 41.4 Å². The quantitative estimate of drug-likeness (QED) is 0.623. The lowest BCUT2D eigenvalue weighted by Crippen LogP contribution is -2.37. The van der Waals surface area contributed by atoms with Gasteiger partial charge in [0.1, 0.15) is 5.75 Å². The van der Waals surface area contributed by atoms with Crippen molar-refractivity contribution in [2.24, 2.45) is 10.7 Å². The molecule has 0 bridgehead atoms.